The summed E-state index contributed by atoms with van der Waals surface area (Å²) in [5, 5.41) is 5.27. The Kier molecular flexibility index (Phi) is 9.70. The average molecular weight is 452 g/mol. The first kappa shape index (κ1) is 19.8. The summed E-state index contributed by atoms with van der Waals surface area (Å²) in [5.74, 6) is 0.716. The van der Waals surface area contributed by atoms with Gasteiger partial charge in [0.1, 0.15) is 5.75 Å². The molecule has 1 rings (SSSR count). The number of hydrogen-bond acceptors (Lipinski definition) is 4. The normalized spacial score (nSPS) is 10.0. The molecule has 0 aliphatic carbocycles. The molecule has 0 spiro atoms. The Hall–Kier alpha value is -1.28. The van der Waals surface area contributed by atoms with Crippen molar-refractivity contribution in [1.82, 2.24) is 10.6 Å². The van der Waals surface area contributed by atoms with Crippen LogP contribution in [0.5, 0.6) is 5.75 Å². The van der Waals surface area contributed by atoms with Crippen LogP contribution < -0.4 is 15.4 Å². The van der Waals surface area contributed by atoms with Gasteiger partial charge < -0.3 is 20.1 Å². The molecule has 0 atom stereocenters. The lowest BCUT2D eigenvalue weighted by atomic mass is 10.1. The van der Waals surface area contributed by atoms with Crippen LogP contribution in [-0.2, 0) is 16.0 Å². The maximum absolute atomic E-state index is 11.1. The molecule has 6 nitrogen and oxygen atoms in total. The number of benzene rings is 1. The first-order chi connectivity index (χ1) is 11.1. The molecule has 128 valence electrons. The van der Waals surface area contributed by atoms with Gasteiger partial charge in [0.15, 0.2) is 0 Å². The molecule has 0 saturated carbocycles. The SMILES string of the molecule is CCOC(=O)NCCCOc1c(Br)cc(CCNC=O)cc1Br. The number of rotatable bonds is 10. The van der Waals surface area contributed by atoms with Crippen molar-refractivity contribution in [2.45, 2.75) is 19.8 Å². The topological polar surface area (TPSA) is 76.7 Å². The van der Waals surface area contributed by atoms with E-state index in [2.05, 4.69) is 42.5 Å². The molecule has 0 radical (unpaired) electrons. The number of carbonyl (C=O) groups is 2. The van der Waals surface area contributed by atoms with Crippen molar-refractivity contribution in [2.24, 2.45) is 0 Å². The van der Waals surface area contributed by atoms with Crippen LogP contribution in [0.2, 0.25) is 0 Å². The summed E-state index contributed by atoms with van der Waals surface area (Å²) in [5.41, 5.74) is 1.08. The maximum atomic E-state index is 11.1. The van der Waals surface area contributed by atoms with E-state index in [0.29, 0.717) is 44.9 Å². The van der Waals surface area contributed by atoms with Gasteiger partial charge in [-0.3, -0.25) is 4.79 Å². The second kappa shape index (κ2) is 11.3. The summed E-state index contributed by atoms with van der Waals surface area (Å²) in [6, 6.07) is 3.92. The van der Waals surface area contributed by atoms with E-state index in [9.17, 15) is 9.59 Å². The van der Waals surface area contributed by atoms with Gasteiger partial charge in [0.25, 0.3) is 0 Å². The van der Waals surface area contributed by atoms with Crippen LogP contribution in [0.15, 0.2) is 21.1 Å². The zero-order valence-electron chi connectivity index (χ0n) is 12.9. The molecule has 23 heavy (non-hydrogen) atoms. The van der Waals surface area contributed by atoms with E-state index in [1.54, 1.807) is 6.92 Å². The molecule has 8 heteroatoms. The summed E-state index contributed by atoms with van der Waals surface area (Å²) in [4.78, 5) is 21.4. The Bertz CT molecular complexity index is 503. The van der Waals surface area contributed by atoms with Gasteiger partial charge >= 0.3 is 6.09 Å². The second-order valence-corrected chi connectivity index (χ2v) is 6.27. The lowest BCUT2D eigenvalue weighted by Gasteiger charge is -2.12. The monoisotopic (exact) mass is 450 g/mol. The quantitative estimate of drug-likeness (QED) is 0.423. The molecule has 0 bridgehead atoms. The smallest absolute Gasteiger partial charge is 0.407 e. The molecule has 0 saturated heterocycles. The molecule has 0 aliphatic heterocycles. The first-order valence-corrected chi connectivity index (χ1v) is 8.85. The summed E-state index contributed by atoms with van der Waals surface area (Å²) in [6.45, 7) is 3.66. The number of hydrogen-bond donors (Lipinski definition) is 2. The zero-order chi connectivity index (χ0) is 17.1. The molecular weight excluding hydrogens is 432 g/mol. The number of amides is 2. The van der Waals surface area contributed by atoms with E-state index in [1.807, 2.05) is 12.1 Å². The van der Waals surface area contributed by atoms with Crippen molar-refractivity contribution in [3.8, 4) is 5.75 Å². The Morgan fingerprint density at radius 2 is 1.96 bits per heavy atom. The minimum absolute atomic E-state index is 0.358. The Balaban J connectivity index is 2.41. The number of ether oxygens (including phenoxy) is 2. The standard InChI is InChI=1S/C15H20Br2N2O4/c1-2-22-15(21)19-5-3-7-23-14-12(16)8-11(9-13(14)17)4-6-18-10-20/h8-10H,2-7H2,1H3,(H,18,20)(H,19,21). The Morgan fingerprint density at radius 3 is 2.57 bits per heavy atom. The van der Waals surface area contributed by atoms with Gasteiger partial charge in [0.05, 0.1) is 22.2 Å². The van der Waals surface area contributed by atoms with Crippen molar-refractivity contribution < 1.29 is 19.1 Å². The Labute approximate surface area is 152 Å². The zero-order valence-corrected chi connectivity index (χ0v) is 16.0. The largest absolute Gasteiger partial charge is 0.491 e. The third kappa shape index (κ3) is 7.69. The number of halogens is 2. The van der Waals surface area contributed by atoms with Crippen LogP contribution >= 0.6 is 31.9 Å². The van der Waals surface area contributed by atoms with E-state index in [1.165, 1.54) is 0 Å². The van der Waals surface area contributed by atoms with Crippen molar-refractivity contribution in [3.05, 3.63) is 26.6 Å². The van der Waals surface area contributed by atoms with Gasteiger partial charge in [-0.2, -0.15) is 0 Å². The van der Waals surface area contributed by atoms with Crippen molar-refractivity contribution >= 4 is 44.4 Å². The molecule has 2 amide bonds. The predicted molar refractivity (Wildman–Crippen MR) is 94.7 cm³/mol. The van der Waals surface area contributed by atoms with Crippen molar-refractivity contribution in [3.63, 3.8) is 0 Å². The minimum atomic E-state index is -0.414. The van der Waals surface area contributed by atoms with Crippen LogP contribution in [0.3, 0.4) is 0 Å². The molecule has 0 fully saturated rings. The third-order valence-corrected chi connectivity index (χ3v) is 3.99. The lowest BCUT2D eigenvalue weighted by molar-refractivity contribution is -0.109. The number of nitrogens with one attached hydrogen (secondary N) is 2. The molecule has 1 aromatic carbocycles. The summed E-state index contributed by atoms with van der Waals surface area (Å²) in [6.07, 6.45) is 1.68. The van der Waals surface area contributed by atoms with E-state index < -0.39 is 6.09 Å². The molecule has 2 N–H and O–H groups in total. The first-order valence-electron chi connectivity index (χ1n) is 7.26. The van der Waals surface area contributed by atoms with E-state index in [0.717, 1.165) is 20.9 Å². The summed E-state index contributed by atoms with van der Waals surface area (Å²) in [7, 11) is 0. The van der Waals surface area contributed by atoms with Crippen LogP contribution in [0, 0.1) is 0 Å². The average Bonchev–Trinajstić information content (AvgIpc) is 2.50. The van der Waals surface area contributed by atoms with E-state index >= 15 is 0 Å². The third-order valence-electron chi connectivity index (χ3n) is 2.81. The molecule has 0 aliphatic rings. The van der Waals surface area contributed by atoms with E-state index in [4.69, 9.17) is 9.47 Å². The molecule has 1 aromatic rings. The highest BCUT2D eigenvalue weighted by Gasteiger charge is 2.09. The fraction of sp³-hybridized carbons (Fsp3) is 0.467. The van der Waals surface area contributed by atoms with Crippen LogP contribution in [0.1, 0.15) is 18.9 Å². The summed E-state index contributed by atoms with van der Waals surface area (Å²) < 4.78 is 12.2. The van der Waals surface area contributed by atoms with Crippen molar-refractivity contribution in [2.75, 3.05) is 26.3 Å². The van der Waals surface area contributed by atoms with Crippen LogP contribution in [-0.4, -0.2) is 38.8 Å². The molecular formula is C15H20Br2N2O4. The highest BCUT2D eigenvalue weighted by molar-refractivity contribution is 9.11. The highest BCUT2D eigenvalue weighted by Crippen LogP contribution is 2.35. The van der Waals surface area contributed by atoms with Gasteiger partial charge in [0, 0.05) is 13.1 Å². The second-order valence-electron chi connectivity index (χ2n) is 4.56. The highest BCUT2D eigenvalue weighted by atomic mass is 79.9. The van der Waals surface area contributed by atoms with Gasteiger partial charge in [0.2, 0.25) is 6.41 Å². The van der Waals surface area contributed by atoms with Gasteiger partial charge in [-0.05, 0) is 69.3 Å². The van der Waals surface area contributed by atoms with Gasteiger partial charge in [-0.1, -0.05) is 0 Å². The van der Waals surface area contributed by atoms with Crippen molar-refractivity contribution in [1.29, 1.82) is 0 Å². The predicted octanol–water partition coefficient (Wildman–Crippen LogP) is 3.02. The Morgan fingerprint density at radius 1 is 1.26 bits per heavy atom. The number of carbonyl (C=O) groups excluding carboxylic acids is 2. The minimum Gasteiger partial charge on any atom is -0.491 e. The van der Waals surface area contributed by atoms with Crippen LogP contribution in [0.25, 0.3) is 0 Å². The van der Waals surface area contributed by atoms with E-state index in [-0.39, 0.29) is 0 Å². The van der Waals surface area contributed by atoms with Gasteiger partial charge in [-0.25, -0.2) is 4.79 Å². The molecule has 0 heterocycles. The van der Waals surface area contributed by atoms with Gasteiger partial charge in [-0.15, -0.1) is 0 Å². The fourth-order valence-corrected chi connectivity index (χ4v) is 3.30. The fourth-order valence-electron chi connectivity index (χ4n) is 1.79. The number of alkyl carbamates (subject to hydrolysis) is 1. The lowest BCUT2D eigenvalue weighted by Crippen LogP contribution is -2.26. The maximum Gasteiger partial charge on any atom is 0.407 e. The van der Waals surface area contributed by atoms with Crippen LogP contribution in [0.4, 0.5) is 4.79 Å². The molecule has 0 aromatic heterocycles. The molecule has 0 unspecified atom stereocenters. The summed E-state index contributed by atoms with van der Waals surface area (Å²) >= 11 is 6.97.